The molecular weight excluding hydrogens is 306 g/mol. The van der Waals surface area contributed by atoms with E-state index in [1.165, 1.54) is 6.33 Å². The summed E-state index contributed by atoms with van der Waals surface area (Å²) in [6.07, 6.45) is 8.74. The lowest BCUT2D eigenvalue weighted by atomic mass is 9.93. The first-order valence-corrected chi connectivity index (χ1v) is 7.81. The second-order valence-corrected chi connectivity index (χ2v) is 5.46. The Morgan fingerprint density at radius 1 is 1.42 bits per heavy atom. The molecule has 24 heavy (non-hydrogen) atoms. The van der Waals surface area contributed by atoms with Crippen molar-refractivity contribution in [3.05, 3.63) is 53.4 Å². The molecule has 0 amide bonds. The van der Waals surface area contributed by atoms with Gasteiger partial charge in [0.05, 0.1) is 24.4 Å². The monoisotopic (exact) mass is 325 g/mol. The Morgan fingerprint density at radius 2 is 2.21 bits per heavy atom. The van der Waals surface area contributed by atoms with Crippen LogP contribution in [0.2, 0.25) is 0 Å². The molecule has 2 aromatic rings. The summed E-state index contributed by atoms with van der Waals surface area (Å²) in [7, 11) is 0. The van der Waals surface area contributed by atoms with Crippen molar-refractivity contribution in [3.8, 4) is 0 Å². The van der Waals surface area contributed by atoms with Gasteiger partial charge < -0.3 is 15.1 Å². The molecule has 124 valence electrons. The van der Waals surface area contributed by atoms with Gasteiger partial charge in [-0.3, -0.25) is 0 Å². The molecule has 1 atom stereocenters. The number of carbonyl (C=O) groups excluding carboxylic acids is 1. The van der Waals surface area contributed by atoms with E-state index in [1.54, 1.807) is 31.6 Å². The highest BCUT2D eigenvalue weighted by atomic mass is 16.5. The Kier molecular flexibility index (Phi) is 4.69. The zero-order valence-electron chi connectivity index (χ0n) is 13.6. The molecule has 7 nitrogen and oxygen atoms in total. The molecule has 0 saturated carbocycles. The molecule has 2 aromatic heterocycles. The summed E-state index contributed by atoms with van der Waals surface area (Å²) in [5.41, 5.74) is 7.37. The van der Waals surface area contributed by atoms with Crippen LogP contribution in [0.25, 0.3) is 6.08 Å². The highest BCUT2D eigenvalue weighted by molar-refractivity contribution is 6.09. The number of ether oxygens (including phenoxy) is 1. The fraction of sp³-hybridized carbons (Fsp3) is 0.294. The van der Waals surface area contributed by atoms with Gasteiger partial charge in [-0.05, 0) is 30.2 Å². The Labute approximate surface area is 139 Å². The first kappa shape index (κ1) is 15.9. The lowest BCUT2D eigenvalue weighted by molar-refractivity contribution is 0.0526. The van der Waals surface area contributed by atoms with E-state index in [2.05, 4.69) is 32.4 Å². The number of nitrogens with zero attached hydrogens (tertiary/aromatic N) is 3. The van der Waals surface area contributed by atoms with Gasteiger partial charge in [0.15, 0.2) is 0 Å². The summed E-state index contributed by atoms with van der Waals surface area (Å²) in [5.74, 6) is -0.251. The molecule has 3 heterocycles. The van der Waals surface area contributed by atoms with Crippen LogP contribution in [0.4, 0.5) is 0 Å². The highest BCUT2D eigenvalue weighted by Crippen LogP contribution is 2.23. The van der Waals surface area contributed by atoms with E-state index in [1.807, 2.05) is 6.08 Å². The number of aromatic nitrogens is 3. The molecule has 0 spiro atoms. The molecule has 1 aliphatic rings. The van der Waals surface area contributed by atoms with Crippen LogP contribution in [0.1, 0.15) is 41.4 Å². The molecule has 0 aliphatic carbocycles. The van der Waals surface area contributed by atoms with Crippen LogP contribution in [0.5, 0.6) is 0 Å². The Balaban J connectivity index is 1.80. The van der Waals surface area contributed by atoms with E-state index >= 15 is 0 Å². The summed E-state index contributed by atoms with van der Waals surface area (Å²) >= 11 is 0. The number of H-pyrrole nitrogens is 1. The van der Waals surface area contributed by atoms with Crippen LogP contribution in [0.3, 0.4) is 0 Å². The minimum Gasteiger partial charge on any atom is -0.462 e. The van der Waals surface area contributed by atoms with Gasteiger partial charge in [0.2, 0.25) is 0 Å². The van der Waals surface area contributed by atoms with Crippen molar-refractivity contribution in [1.29, 1.82) is 0 Å². The standard InChI is InChI=1S/C17H19N5O2/c1-3-24-17(23)13-5-15(20-8-13)4-12-9-21-22-16(12)11(2)14-6-18-10-19-7-14/h4-8,10-11,20-21H,3,9H2,1-2H3/b12-4+. The summed E-state index contributed by atoms with van der Waals surface area (Å²) < 4.78 is 5.00. The number of aromatic amines is 1. The molecule has 1 unspecified atom stereocenters. The number of hydrazone groups is 1. The van der Waals surface area contributed by atoms with Crippen LogP contribution in [0.15, 0.2) is 41.7 Å². The first-order valence-electron chi connectivity index (χ1n) is 7.81. The van der Waals surface area contributed by atoms with Crippen molar-refractivity contribution in [2.24, 2.45) is 5.10 Å². The fourth-order valence-electron chi connectivity index (χ4n) is 2.58. The van der Waals surface area contributed by atoms with Gasteiger partial charge in [-0.25, -0.2) is 14.8 Å². The quantitative estimate of drug-likeness (QED) is 0.822. The molecule has 3 rings (SSSR count). The number of hydrogen-bond donors (Lipinski definition) is 2. The van der Waals surface area contributed by atoms with E-state index in [0.29, 0.717) is 18.7 Å². The second-order valence-electron chi connectivity index (χ2n) is 5.46. The Bertz CT molecular complexity index is 779. The topological polar surface area (TPSA) is 92.3 Å². The van der Waals surface area contributed by atoms with Gasteiger partial charge >= 0.3 is 5.97 Å². The predicted molar refractivity (Wildman–Crippen MR) is 90.6 cm³/mol. The van der Waals surface area contributed by atoms with Crippen molar-refractivity contribution in [2.45, 2.75) is 19.8 Å². The maximum absolute atomic E-state index is 11.7. The number of carbonyl (C=O) groups is 1. The SMILES string of the molecule is CCOC(=O)c1c[nH]c(/C=C2\CNN=C2C(C)c2cncnc2)c1. The van der Waals surface area contributed by atoms with Gasteiger partial charge in [0.25, 0.3) is 0 Å². The summed E-state index contributed by atoms with van der Waals surface area (Å²) in [6.45, 7) is 4.85. The lowest BCUT2D eigenvalue weighted by Crippen LogP contribution is -2.11. The number of rotatable bonds is 5. The molecule has 0 bridgehead atoms. The van der Waals surface area contributed by atoms with E-state index in [4.69, 9.17) is 4.74 Å². The third-order valence-corrected chi connectivity index (χ3v) is 3.83. The average Bonchev–Trinajstić information content (AvgIpc) is 3.25. The zero-order chi connectivity index (χ0) is 16.9. The maximum atomic E-state index is 11.7. The van der Waals surface area contributed by atoms with Crippen LogP contribution < -0.4 is 5.43 Å². The second kappa shape index (κ2) is 7.08. The van der Waals surface area contributed by atoms with Gasteiger partial charge in [-0.15, -0.1) is 0 Å². The summed E-state index contributed by atoms with van der Waals surface area (Å²) in [4.78, 5) is 23.0. The molecule has 0 aromatic carbocycles. The van der Waals surface area contributed by atoms with Crippen molar-refractivity contribution in [2.75, 3.05) is 13.2 Å². The highest BCUT2D eigenvalue weighted by Gasteiger charge is 2.22. The molecule has 0 saturated heterocycles. The van der Waals surface area contributed by atoms with Crippen molar-refractivity contribution in [3.63, 3.8) is 0 Å². The third-order valence-electron chi connectivity index (χ3n) is 3.83. The molecule has 1 aliphatic heterocycles. The van der Waals surface area contributed by atoms with Crippen LogP contribution in [-0.2, 0) is 4.74 Å². The van der Waals surface area contributed by atoms with Gasteiger partial charge in [0.1, 0.15) is 6.33 Å². The summed E-state index contributed by atoms with van der Waals surface area (Å²) in [6, 6.07) is 1.78. The van der Waals surface area contributed by atoms with Gasteiger partial charge in [0, 0.05) is 30.2 Å². The largest absolute Gasteiger partial charge is 0.462 e. The van der Waals surface area contributed by atoms with Crippen molar-refractivity contribution in [1.82, 2.24) is 20.4 Å². The van der Waals surface area contributed by atoms with Crippen LogP contribution in [0, 0.1) is 0 Å². The maximum Gasteiger partial charge on any atom is 0.339 e. The Morgan fingerprint density at radius 3 is 2.96 bits per heavy atom. The smallest absolute Gasteiger partial charge is 0.339 e. The molecule has 7 heteroatoms. The molecule has 0 radical (unpaired) electrons. The summed E-state index contributed by atoms with van der Waals surface area (Å²) in [5, 5.41) is 4.40. The average molecular weight is 325 g/mol. The van der Waals surface area contributed by atoms with Gasteiger partial charge in [-0.2, -0.15) is 5.10 Å². The Hall–Kier alpha value is -2.96. The van der Waals surface area contributed by atoms with Crippen LogP contribution in [-0.4, -0.2) is 39.8 Å². The minimum absolute atomic E-state index is 0.0759. The normalized spacial score (nSPS) is 16.6. The third kappa shape index (κ3) is 3.34. The van der Waals surface area contributed by atoms with Gasteiger partial charge in [-0.1, -0.05) is 6.92 Å². The molecule has 2 N–H and O–H groups in total. The van der Waals surface area contributed by atoms with E-state index in [-0.39, 0.29) is 11.9 Å². The van der Waals surface area contributed by atoms with Crippen LogP contribution >= 0.6 is 0 Å². The van der Waals surface area contributed by atoms with E-state index in [0.717, 1.165) is 22.5 Å². The first-order chi connectivity index (χ1) is 11.7. The lowest BCUT2D eigenvalue weighted by Gasteiger charge is -2.11. The van der Waals surface area contributed by atoms with Crippen molar-refractivity contribution < 1.29 is 9.53 Å². The molecular formula is C17H19N5O2. The molecule has 0 fully saturated rings. The van der Waals surface area contributed by atoms with E-state index in [9.17, 15) is 4.79 Å². The fourth-order valence-corrected chi connectivity index (χ4v) is 2.58. The number of hydrogen-bond acceptors (Lipinski definition) is 6. The minimum atomic E-state index is -0.327. The predicted octanol–water partition coefficient (Wildman–Crippen LogP) is 2.13. The zero-order valence-corrected chi connectivity index (χ0v) is 13.6. The number of nitrogens with one attached hydrogen (secondary N) is 2. The van der Waals surface area contributed by atoms with Crippen molar-refractivity contribution >= 4 is 17.8 Å². The number of esters is 1. The van der Waals surface area contributed by atoms with E-state index < -0.39 is 0 Å².